The summed E-state index contributed by atoms with van der Waals surface area (Å²) in [6, 6.07) is 5.34. The van der Waals surface area contributed by atoms with Gasteiger partial charge in [0.25, 0.3) is 0 Å². The van der Waals surface area contributed by atoms with Crippen molar-refractivity contribution < 1.29 is 14.3 Å². The second kappa shape index (κ2) is 6.25. The van der Waals surface area contributed by atoms with Crippen LogP contribution in [0, 0.1) is 6.92 Å². The molecule has 1 aromatic rings. The van der Waals surface area contributed by atoms with Crippen LogP contribution in [-0.2, 0) is 9.53 Å². The molecular weight excluding hydrogens is 218 g/mol. The molecule has 0 spiro atoms. The lowest BCUT2D eigenvalue weighted by Crippen LogP contribution is -2.17. The first kappa shape index (κ1) is 13.5. The number of rotatable bonds is 5. The summed E-state index contributed by atoms with van der Waals surface area (Å²) < 4.78 is 10.1. The summed E-state index contributed by atoms with van der Waals surface area (Å²) in [7, 11) is 1.61. The van der Waals surface area contributed by atoms with Gasteiger partial charge in [0, 0.05) is 6.04 Å². The van der Waals surface area contributed by atoms with Crippen LogP contribution in [0.25, 0.3) is 0 Å². The number of carbonyl (C=O) groups is 1. The van der Waals surface area contributed by atoms with Gasteiger partial charge in [-0.3, -0.25) is 4.79 Å². The fourth-order valence-electron chi connectivity index (χ4n) is 1.58. The number of benzene rings is 1. The van der Waals surface area contributed by atoms with Crippen LogP contribution >= 0.6 is 0 Å². The van der Waals surface area contributed by atoms with E-state index >= 15 is 0 Å². The number of ether oxygens (including phenoxy) is 2. The monoisotopic (exact) mass is 237 g/mol. The van der Waals surface area contributed by atoms with Crippen molar-refractivity contribution in [2.45, 2.75) is 26.3 Å². The van der Waals surface area contributed by atoms with Gasteiger partial charge in [-0.15, -0.1) is 0 Å². The third kappa shape index (κ3) is 3.75. The van der Waals surface area contributed by atoms with Gasteiger partial charge < -0.3 is 15.2 Å². The van der Waals surface area contributed by atoms with Crippen LogP contribution in [0.15, 0.2) is 18.2 Å². The SMILES string of the molecule is CCOC(=O)C[C@H](N)c1ccc(C)c(OC)c1. The lowest BCUT2D eigenvalue weighted by Gasteiger charge is -2.13. The van der Waals surface area contributed by atoms with Crippen LogP contribution < -0.4 is 10.5 Å². The molecule has 0 unspecified atom stereocenters. The number of aryl methyl sites for hydroxylation is 1. The minimum absolute atomic E-state index is 0.181. The van der Waals surface area contributed by atoms with Crippen LogP contribution in [0.4, 0.5) is 0 Å². The number of methoxy groups -OCH3 is 1. The molecule has 0 amide bonds. The normalized spacial score (nSPS) is 12.0. The Morgan fingerprint density at radius 1 is 1.47 bits per heavy atom. The Balaban J connectivity index is 2.75. The molecule has 0 aromatic heterocycles. The van der Waals surface area contributed by atoms with E-state index in [0.717, 1.165) is 16.9 Å². The molecule has 0 bridgehead atoms. The first-order valence-corrected chi connectivity index (χ1v) is 5.64. The lowest BCUT2D eigenvalue weighted by molar-refractivity contribution is -0.143. The number of hydrogen-bond donors (Lipinski definition) is 1. The zero-order chi connectivity index (χ0) is 12.8. The number of esters is 1. The molecule has 0 saturated heterocycles. The molecule has 0 aliphatic rings. The minimum atomic E-state index is -0.358. The Bertz CT molecular complexity index is 390. The maximum Gasteiger partial charge on any atom is 0.307 e. The first-order chi connectivity index (χ1) is 8.08. The van der Waals surface area contributed by atoms with Gasteiger partial charge in [-0.25, -0.2) is 0 Å². The number of hydrogen-bond acceptors (Lipinski definition) is 4. The fourth-order valence-corrected chi connectivity index (χ4v) is 1.58. The molecule has 0 aliphatic carbocycles. The molecule has 2 N–H and O–H groups in total. The van der Waals surface area contributed by atoms with Gasteiger partial charge >= 0.3 is 5.97 Å². The van der Waals surface area contributed by atoms with E-state index in [1.165, 1.54) is 0 Å². The zero-order valence-corrected chi connectivity index (χ0v) is 10.5. The van der Waals surface area contributed by atoms with Crippen molar-refractivity contribution in [1.82, 2.24) is 0 Å². The van der Waals surface area contributed by atoms with E-state index in [4.69, 9.17) is 15.2 Å². The van der Waals surface area contributed by atoms with Crippen LogP contribution in [0.2, 0.25) is 0 Å². The van der Waals surface area contributed by atoms with Crippen molar-refractivity contribution >= 4 is 5.97 Å². The van der Waals surface area contributed by atoms with Crippen molar-refractivity contribution in [3.05, 3.63) is 29.3 Å². The van der Waals surface area contributed by atoms with Gasteiger partial charge in [-0.05, 0) is 31.0 Å². The third-order valence-electron chi connectivity index (χ3n) is 2.55. The largest absolute Gasteiger partial charge is 0.496 e. The van der Waals surface area contributed by atoms with Crippen LogP contribution in [0.5, 0.6) is 5.75 Å². The number of nitrogens with two attached hydrogens (primary N) is 1. The molecule has 94 valence electrons. The Morgan fingerprint density at radius 3 is 2.76 bits per heavy atom. The van der Waals surface area contributed by atoms with E-state index in [1.54, 1.807) is 14.0 Å². The Morgan fingerprint density at radius 2 is 2.18 bits per heavy atom. The van der Waals surface area contributed by atoms with Gasteiger partial charge in [0.15, 0.2) is 0 Å². The molecule has 1 rings (SSSR count). The summed E-state index contributed by atoms with van der Waals surface area (Å²) in [5.74, 6) is 0.501. The highest BCUT2D eigenvalue weighted by Crippen LogP contribution is 2.23. The minimum Gasteiger partial charge on any atom is -0.496 e. The van der Waals surface area contributed by atoms with Crippen LogP contribution in [-0.4, -0.2) is 19.7 Å². The second-order valence-electron chi connectivity index (χ2n) is 3.84. The molecule has 0 heterocycles. The quantitative estimate of drug-likeness (QED) is 0.795. The molecule has 0 aliphatic heterocycles. The Kier molecular flexibility index (Phi) is 4.97. The van der Waals surface area contributed by atoms with Crippen molar-refractivity contribution in [2.24, 2.45) is 5.73 Å². The van der Waals surface area contributed by atoms with E-state index in [1.807, 2.05) is 25.1 Å². The highest BCUT2D eigenvalue weighted by Gasteiger charge is 2.13. The molecule has 1 atom stereocenters. The van der Waals surface area contributed by atoms with Crippen molar-refractivity contribution in [2.75, 3.05) is 13.7 Å². The topological polar surface area (TPSA) is 61.5 Å². The third-order valence-corrected chi connectivity index (χ3v) is 2.55. The predicted molar refractivity (Wildman–Crippen MR) is 65.9 cm³/mol. The van der Waals surface area contributed by atoms with Crippen LogP contribution in [0.3, 0.4) is 0 Å². The average molecular weight is 237 g/mol. The van der Waals surface area contributed by atoms with E-state index in [-0.39, 0.29) is 18.4 Å². The summed E-state index contributed by atoms with van der Waals surface area (Å²) in [6.07, 6.45) is 0.181. The Labute approximate surface area is 102 Å². The average Bonchev–Trinajstić information content (AvgIpc) is 2.29. The van der Waals surface area contributed by atoms with Gasteiger partial charge in [0.1, 0.15) is 5.75 Å². The maximum atomic E-state index is 11.3. The Hall–Kier alpha value is -1.55. The highest BCUT2D eigenvalue weighted by molar-refractivity contribution is 5.70. The molecule has 0 radical (unpaired) electrons. The van der Waals surface area contributed by atoms with E-state index in [9.17, 15) is 4.79 Å². The summed E-state index contributed by atoms with van der Waals surface area (Å²) in [4.78, 5) is 11.3. The molecule has 4 nitrogen and oxygen atoms in total. The van der Waals surface area contributed by atoms with E-state index in [0.29, 0.717) is 6.61 Å². The van der Waals surface area contributed by atoms with Crippen molar-refractivity contribution in [3.63, 3.8) is 0 Å². The van der Waals surface area contributed by atoms with Crippen molar-refractivity contribution in [3.8, 4) is 5.75 Å². The number of carbonyl (C=O) groups excluding carboxylic acids is 1. The van der Waals surface area contributed by atoms with Gasteiger partial charge in [0.05, 0.1) is 20.1 Å². The highest BCUT2D eigenvalue weighted by atomic mass is 16.5. The van der Waals surface area contributed by atoms with E-state index in [2.05, 4.69) is 0 Å². The molecular formula is C13H19NO3. The fraction of sp³-hybridized carbons (Fsp3) is 0.462. The zero-order valence-electron chi connectivity index (χ0n) is 10.5. The van der Waals surface area contributed by atoms with E-state index < -0.39 is 0 Å². The molecule has 0 saturated carbocycles. The van der Waals surface area contributed by atoms with Gasteiger partial charge in [-0.1, -0.05) is 12.1 Å². The van der Waals surface area contributed by atoms with Crippen molar-refractivity contribution in [1.29, 1.82) is 0 Å². The summed E-state index contributed by atoms with van der Waals surface area (Å²) in [5.41, 5.74) is 7.86. The molecule has 1 aromatic carbocycles. The molecule has 4 heteroatoms. The smallest absolute Gasteiger partial charge is 0.307 e. The molecule has 17 heavy (non-hydrogen) atoms. The van der Waals surface area contributed by atoms with Gasteiger partial charge in [-0.2, -0.15) is 0 Å². The second-order valence-corrected chi connectivity index (χ2v) is 3.84. The standard InChI is InChI=1S/C13H19NO3/c1-4-17-13(15)8-11(14)10-6-5-9(2)12(7-10)16-3/h5-7,11H,4,8,14H2,1-3H3/t11-/m0/s1. The molecule has 0 fully saturated rings. The first-order valence-electron chi connectivity index (χ1n) is 5.64. The predicted octanol–water partition coefficient (Wildman–Crippen LogP) is 1.96. The summed E-state index contributed by atoms with van der Waals surface area (Å²) >= 11 is 0. The lowest BCUT2D eigenvalue weighted by atomic mass is 10.0. The summed E-state index contributed by atoms with van der Waals surface area (Å²) in [6.45, 7) is 4.11. The summed E-state index contributed by atoms with van der Waals surface area (Å²) in [5, 5.41) is 0. The van der Waals surface area contributed by atoms with Gasteiger partial charge in [0.2, 0.25) is 0 Å². The maximum absolute atomic E-state index is 11.3. The van der Waals surface area contributed by atoms with Crippen LogP contribution in [0.1, 0.15) is 30.5 Å².